The smallest absolute Gasteiger partial charge is 0.120 e. The van der Waals surface area contributed by atoms with Gasteiger partial charge in [0.2, 0.25) is 0 Å². The Morgan fingerprint density at radius 1 is 1.29 bits per heavy atom. The first kappa shape index (κ1) is 12.3. The normalized spacial score (nSPS) is 24.4. The average Bonchev–Trinajstić information content (AvgIpc) is 2.39. The third-order valence-electron chi connectivity index (χ3n) is 3.86. The zero-order valence-electron chi connectivity index (χ0n) is 10.9. The summed E-state index contributed by atoms with van der Waals surface area (Å²) in [5, 5.41) is 3.68. The first-order chi connectivity index (χ1) is 8.33. The predicted molar refractivity (Wildman–Crippen MR) is 72.7 cm³/mol. The van der Waals surface area contributed by atoms with Crippen LogP contribution in [0.4, 0.5) is 5.69 Å². The van der Waals surface area contributed by atoms with E-state index in [0.29, 0.717) is 6.04 Å². The highest BCUT2D eigenvalue weighted by atomic mass is 16.5. The third-order valence-corrected chi connectivity index (χ3v) is 3.86. The van der Waals surface area contributed by atoms with E-state index in [4.69, 9.17) is 4.74 Å². The first-order valence-electron chi connectivity index (χ1n) is 6.74. The van der Waals surface area contributed by atoms with Crippen molar-refractivity contribution in [2.24, 2.45) is 5.92 Å². The molecule has 0 aromatic heterocycles. The molecule has 2 atom stereocenters. The van der Waals surface area contributed by atoms with Gasteiger partial charge in [0.25, 0.3) is 0 Å². The number of benzene rings is 1. The van der Waals surface area contributed by atoms with E-state index in [1.807, 2.05) is 12.1 Å². The molecule has 1 saturated carbocycles. The lowest BCUT2D eigenvalue weighted by Gasteiger charge is -2.32. The Kier molecular flexibility index (Phi) is 4.29. The summed E-state index contributed by atoms with van der Waals surface area (Å²) in [7, 11) is 1.72. The third kappa shape index (κ3) is 3.15. The SMILES string of the molecule is CCC1CCCCC1Nc1cccc(OC)c1. The van der Waals surface area contributed by atoms with Gasteiger partial charge in [-0.3, -0.25) is 0 Å². The monoisotopic (exact) mass is 233 g/mol. The van der Waals surface area contributed by atoms with Crippen LogP contribution < -0.4 is 10.1 Å². The van der Waals surface area contributed by atoms with Crippen molar-refractivity contribution in [2.75, 3.05) is 12.4 Å². The second-order valence-corrected chi connectivity index (χ2v) is 4.94. The predicted octanol–water partition coefficient (Wildman–Crippen LogP) is 4.08. The summed E-state index contributed by atoms with van der Waals surface area (Å²) in [6, 6.07) is 8.89. The molecule has 1 aliphatic carbocycles. The number of rotatable bonds is 4. The van der Waals surface area contributed by atoms with Gasteiger partial charge in [0.05, 0.1) is 7.11 Å². The molecule has 2 unspecified atom stereocenters. The van der Waals surface area contributed by atoms with Crippen molar-refractivity contribution < 1.29 is 4.74 Å². The van der Waals surface area contributed by atoms with Crippen LogP contribution in [-0.4, -0.2) is 13.2 Å². The molecule has 2 heteroatoms. The molecule has 0 amide bonds. The van der Waals surface area contributed by atoms with Gasteiger partial charge < -0.3 is 10.1 Å². The van der Waals surface area contributed by atoms with Crippen LogP contribution in [0.2, 0.25) is 0 Å². The maximum absolute atomic E-state index is 5.26. The highest BCUT2D eigenvalue weighted by Gasteiger charge is 2.23. The van der Waals surface area contributed by atoms with E-state index in [9.17, 15) is 0 Å². The molecular weight excluding hydrogens is 210 g/mol. The molecule has 94 valence electrons. The molecule has 17 heavy (non-hydrogen) atoms. The number of methoxy groups -OCH3 is 1. The summed E-state index contributed by atoms with van der Waals surface area (Å²) >= 11 is 0. The number of hydrogen-bond acceptors (Lipinski definition) is 2. The molecule has 1 aromatic rings. The Labute approximate surface area is 104 Å². The highest BCUT2D eigenvalue weighted by molar-refractivity contribution is 5.49. The number of ether oxygens (including phenoxy) is 1. The maximum Gasteiger partial charge on any atom is 0.120 e. The quantitative estimate of drug-likeness (QED) is 0.846. The van der Waals surface area contributed by atoms with Crippen LogP contribution in [0, 0.1) is 5.92 Å². The van der Waals surface area contributed by atoms with Gasteiger partial charge in [0, 0.05) is 17.8 Å². The largest absolute Gasteiger partial charge is 0.497 e. The van der Waals surface area contributed by atoms with Gasteiger partial charge in [-0.05, 0) is 30.9 Å². The second-order valence-electron chi connectivity index (χ2n) is 4.94. The van der Waals surface area contributed by atoms with Crippen molar-refractivity contribution in [3.05, 3.63) is 24.3 Å². The van der Waals surface area contributed by atoms with E-state index in [1.54, 1.807) is 7.11 Å². The summed E-state index contributed by atoms with van der Waals surface area (Å²) in [5.41, 5.74) is 1.19. The Bertz CT molecular complexity index is 351. The first-order valence-corrected chi connectivity index (χ1v) is 6.74. The van der Waals surface area contributed by atoms with Gasteiger partial charge in [0.1, 0.15) is 5.75 Å². The van der Waals surface area contributed by atoms with Crippen LogP contribution in [0.5, 0.6) is 5.75 Å². The summed E-state index contributed by atoms with van der Waals surface area (Å²) in [6.45, 7) is 2.30. The van der Waals surface area contributed by atoms with E-state index in [1.165, 1.54) is 37.8 Å². The molecule has 0 spiro atoms. The van der Waals surface area contributed by atoms with Crippen molar-refractivity contribution in [3.63, 3.8) is 0 Å². The Balaban J connectivity index is 2.02. The van der Waals surface area contributed by atoms with E-state index in [0.717, 1.165) is 11.7 Å². The van der Waals surface area contributed by atoms with E-state index >= 15 is 0 Å². The molecular formula is C15H23NO. The highest BCUT2D eigenvalue weighted by Crippen LogP contribution is 2.30. The van der Waals surface area contributed by atoms with Crippen LogP contribution >= 0.6 is 0 Å². The van der Waals surface area contributed by atoms with Crippen molar-refractivity contribution in [3.8, 4) is 5.75 Å². The van der Waals surface area contributed by atoms with E-state index in [-0.39, 0.29) is 0 Å². The molecule has 0 aliphatic heterocycles. The van der Waals surface area contributed by atoms with Crippen molar-refractivity contribution >= 4 is 5.69 Å². The van der Waals surface area contributed by atoms with Gasteiger partial charge >= 0.3 is 0 Å². The van der Waals surface area contributed by atoms with Crippen LogP contribution in [0.1, 0.15) is 39.0 Å². The number of hydrogen-bond donors (Lipinski definition) is 1. The van der Waals surface area contributed by atoms with Crippen LogP contribution in [0.25, 0.3) is 0 Å². The topological polar surface area (TPSA) is 21.3 Å². The Morgan fingerprint density at radius 3 is 2.88 bits per heavy atom. The minimum atomic E-state index is 0.640. The summed E-state index contributed by atoms with van der Waals surface area (Å²) < 4.78 is 5.26. The van der Waals surface area contributed by atoms with Gasteiger partial charge in [0.15, 0.2) is 0 Å². The lowest BCUT2D eigenvalue weighted by atomic mass is 9.83. The fourth-order valence-corrected chi connectivity index (χ4v) is 2.81. The van der Waals surface area contributed by atoms with Gasteiger partial charge in [-0.2, -0.15) is 0 Å². The summed E-state index contributed by atoms with van der Waals surface area (Å²) in [5.74, 6) is 1.76. The van der Waals surface area contributed by atoms with Crippen LogP contribution in [0.15, 0.2) is 24.3 Å². The fourth-order valence-electron chi connectivity index (χ4n) is 2.81. The Hall–Kier alpha value is -1.18. The maximum atomic E-state index is 5.26. The number of anilines is 1. The molecule has 1 fully saturated rings. The standard InChI is InChI=1S/C15H23NO/c1-3-12-7-4-5-10-15(12)16-13-8-6-9-14(11-13)17-2/h6,8-9,11-12,15-16H,3-5,7,10H2,1-2H3. The van der Waals surface area contributed by atoms with Crippen LogP contribution in [-0.2, 0) is 0 Å². The minimum absolute atomic E-state index is 0.640. The zero-order valence-corrected chi connectivity index (χ0v) is 10.9. The molecule has 1 aliphatic rings. The molecule has 2 nitrogen and oxygen atoms in total. The molecule has 0 bridgehead atoms. The lowest BCUT2D eigenvalue weighted by molar-refractivity contribution is 0.317. The van der Waals surface area contributed by atoms with E-state index in [2.05, 4.69) is 24.4 Å². The zero-order chi connectivity index (χ0) is 12.1. The molecule has 2 rings (SSSR count). The van der Waals surface area contributed by atoms with Gasteiger partial charge in [-0.15, -0.1) is 0 Å². The molecule has 1 aromatic carbocycles. The molecule has 0 heterocycles. The molecule has 0 saturated heterocycles. The summed E-state index contributed by atoms with van der Waals surface area (Å²) in [4.78, 5) is 0. The van der Waals surface area contributed by atoms with Crippen LogP contribution in [0.3, 0.4) is 0 Å². The minimum Gasteiger partial charge on any atom is -0.497 e. The molecule has 1 N–H and O–H groups in total. The van der Waals surface area contributed by atoms with Crippen molar-refractivity contribution in [1.29, 1.82) is 0 Å². The van der Waals surface area contributed by atoms with E-state index < -0.39 is 0 Å². The van der Waals surface area contributed by atoms with Crippen molar-refractivity contribution in [1.82, 2.24) is 0 Å². The second kappa shape index (κ2) is 5.95. The van der Waals surface area contributed by atoms with Gasteiger partial charge in [-0.25, -0.2) is 0 Å². The fraction of sp³-hybridized carbons (Fsp3) is 0.600. The van der Waals surface area contributed by atoms with Crippen molar-refractivity contribution in [2.45, 2.75) is 45.1 Å². The Morgan fingerprint density at radius 2 is 2.12 bits per heavy atom. The van der Waals surface area contributed by atoms with Gasteiger partial charge in [-0.1, -0.05) is 32.3 Å². The lowest BCUT2D eigenvalue weighted by Crippen LogP contribution is -2.31. The number of nitrogens with one attached hydrogen (secondary N) is 1. The molecule has 0 radical (unpaired) electrons. The average molecular weight is 233 g/mol. The summed E-state index contributed by atoms with van der Waals surface area (Å²) in [6.07, 6.45) is 6.71.